The van der Waals surface area contributed by atoms with Gasteiger partial charge in [-0.05, 0) is 26.1 Å². The van der Waals surface area contributed by atoms with Crippen LogP contribution in [0, 0.1) is 10.1 Å². The van der Waals surface area contributed by atoms with Crippen LogP contribution in [0.3, 0.4) is 0 Å². The number of aromatic nitrogens is 1. The fourth-order valence-corrected chi connectivity index (χ4v) is 3.57. The van der Waals surface area contributed by atoms with Gasteiger partial charge in [0.25, 0.3) is 5.69 Å². The first-order valence-electron chi connectivity index (χ1n) is 7.34. The van der Waals surface area contributed by atoms with Crippen LogP contribution in [0.25, 0.3) is 10.2 Å². The van der Waals surface area contributed by atoms with Crippen molar-refractivity contribution in [2.45, 2.75) is 19.5 Å². The van der Waals surface area contributed by atoms with Crippen LogP contribution in [-0.4, -0.2) is 21.9 Å². The number of nitrogens with zero attached hydrogens (tertiary/aromatic N) is 3. The summed E-state index contributed by atoms with van der Waals surface area (Å²) in [6, 6.07) is 15.0. The van der Waals surface area contributed by atoms with Crippen molar-refractivity contribution >= 4 is 27.2 Å². The van der Waals surface area contributed by atoms with Gasteiger partial charge in [0, 0.05) is 18.2 Å². The van der Waals surface area contributed by atoms with Gasteiger partial charge in [-0.25, -0.2) is 4.98 Å². The molecule has 0 bridgehead atoms. The molecule has 0 aliphatic heterocycles. The molecule has 1 heterocycles. The molecule has 118 valence electrons. The van der Waals surface area contributed by atoms with Crippen molar-refractivity contribution < 1.29 is 4.92 Å². The van der Waals surface area contributed by atoms with E-state index in [2.05, 4.69) is 22.9 Å². The molecule has 1 aromatic heterocycles. The summed E-state index contributed by atoms with van der Waals surface area (Å²) in [6.07, 6.45) is 0. The van der Waals surface area contributed by atoms with Crippen molar-refractivity contribution in [3.8, 4) is 0 Å². The van der Waals surface area contributed by atoms with Gasteiger partial charge in [-0.15, -0.1) is 11.3 Å². The van der Waals surface area contributed by atoms with E-state index in [1.54, 1.807) is 29.5 Å². The van der Waals surface area contributed by atoms with Gasteiger partial charge < -0.3 is 0 Å². The molecule has 0 saturated heterocycles. The minimum Gasteiger partial charge on any atom is -0.293 e. The van der Waals surface area contributed by atoms with Gasteiger partial charge in [0.1, 0.15) is 5.01 Å². The van der Waals surface area contributed by atoms with E-state index in [1.807, 2.05) is 31.3 Å². The van der Waals surface area contributed by atoms with Crippen LogP contribution in [0.2, 0.25) is 0 Å². The normalized spacial score (nSPS) is 12.7. The Bertz CT molecular complexity index is 813. The lowest BCUT2D eigenvalue weighted by Gasteiger charge is -2.22. The predicted octanol–water partition coefficient (Wildman–Crippen LogP) is 4.40. The molecule has 0 fully saturated rings. The van der Waals surface area contributed by atoms with Crippen LogP contribution in [0.4, 0.5) is 5.69 Å². The number of rotatable bonds is 5. The topological polar surface area (TPSA) is 59.3 Å². The largest absolute Gasteiger partial charge is 0.293 e. The fraction of sp³-hybridized carbons (Fsp3) is 0.235. The van der Waals surface area contributed by atoms with E-state index < -0.39 is 0 Å². The molecular weight excluding hydrogens is 310 g/mol. The van der Waals surface area contributed by atoms with Gasteiger partial charge >= 0.3 is 0 Å². The average Bonchev–Trinajstić information content (AvgIpc) is 2.98. The van der Waals surface area contributed by atoms with Crippen LogP contribution in [0.15, 0.2) is 48.5 Å². The first-order valence-corrected chi connectivity index (χ1v) is 8.16. The lowest BCUT2D eigenvalue weighted by molar-refractivity contribution is -0.385. The van der Waals surface area contributed by atoms with Crippen LogP contribution in [-0.2, 0) is 6.54 Å². The molecule has 5 nitrogen and oxygen atoms in total. The minimum absolute atomic E-state index is 0.0900. The maximum absolute atomic E-state index is 11.1. The highest BCUT2D eigenvalue weighted by Crippen LogP contribution is 2.30. The van der Waals surface area contributed by atoms with Crippen LogP contribution >= 0.6 is 11.3 Å². The summed E-state index contributed by atoms with van der Waals surface area (Å²) >= 11 is 1.67. The number of hydrogen-bond acceptors (Lipinski definition) is 5. The Morgan fingerprint density at radius 3 is 2.65 bits per heavy atom. The Morgan fingerprint density at radius 1 is 1.22 bits per heavy atom. The highest BCUT2D eigenvalue weighted by molar-refractivity contribution is 7.18. The lowest BCUT2D eigenvalue weighted by atomic mass is 10.1. The first kappa shape index (κ1) is 15.6. The van der Waals surface area contributed by atoms with Crippen molar-refractivity contribution in [1.29, 1.82) is 0 Å². The Labute approximate surface area is 138 Å². The summed E-state index contributed by atoms with van der Waals surface area (Å²) in [5.41, 5.74) is 1.88. The summed E-state index contributed by atoms with van der Waals surface area (Å²) < 4.78 is 1.16. The van der Waals surface area contributed by atoms with E-state index in [9.17, 15) is 10.1 Å². The number of nitro groups is 1. The first-order chi connectivity index (χ1) is 11.1. The molecule has 0 saturated carbocycles. The molecule has 0 spiro atoms. The monoisotopic (exact) mass is 327 g/mol. The molecule has 0 unspecified atom stereocenters. The van der Waals surface area contributed by atoms with E-state index >= 15 is 0 Å². The molecule has 6 heteroatoms. The molecular formula is C17H17N3O2S. The molecule has 2 aromatic carbocycles. The third kappa shape index (κ3) is 3.23. The standard InChI is InChI=1S/C17H17N3O2S/c1-12(17-18-14-8-4-6-10-16(14)23-17)19(2)11-13-7-3-5-9-15(13)20(21)22/h3-10,12H,11H2,1-2H3/t12-/m1/s1. The van der Waals surface area contributed by atoms with Crippen molar-refractivity contribution in [2.24, 2.45) is 0 Å². The number of thiazole rings is 1. The van der Waals surface area contributed by atoms with Gasteiger partial charge in [-0.1, -0.05) is 30.3 Å². The highest BCUT2D eigenvalue weighted by Gasteiger charge is 2.20. The number of nitro benzene ring substituents is 1. The quantitative estimate of drug-likeness (QED) is 0.515. The predicted molar refractivity (Wildman–Crippen MR) is 92.6 cm³/mol. The number of fused-ring (bicyclic) bond motifs is 1. The Balaban J connectivity index is 1.82. The van der Waals surface area contributed by atoms with E-state index in [0.717, 1.165) is 15.2 Å². The second kappa shape index (κ2) is 6.44. The zero-order valence-electron chi connectivity index (χ0n) is 13.0. The van der Waals surface area contributed by atoms with E-state index in [4.69, 9.17) is 0 Å². The number of benzene rings is 2. The fourth-order valence-electron chi connectivity index (χ4n) is 2.49. The Morgan fingerprint density at radius 2 is 1.91 bits per heavy atom. The maximum Gasteiger partial charge on any atom is 0.273 e. The molecule has 1 atom stereocenters. The third-order valence-electron chi connectivity index (χ3n) is 3.94. The van der Waals surface area contributed by atoms with E-state index in [-0.39, 0.29) is 16.7 Å². The van der Waals surface area contributed by atoms with E-state index in [0.29, 0.717) is 12.1 Å². The van der Waals surface area contributed by atoms with Crippen molar-refractivity contribution in [2.75, 3.05) is 7.05 Å². The molecule has 0 amide bonds. The van der Waals surface area contributed by atoms with Gasteiger partial charge in [-0.2, -0.15) is 0 Å². The Kier molecular flexibility index (Phi) is 4.36. The Hall–Kier alpha value is -2.31. The van der Waals surface area contributed by atoms with Crippen LogP contribution < -0.4 is 0 Å². The second-order valence-corrected chi connectivity index (χ2v) is 6.56. The SMILES string of the molecule is C[C@H](c1nc2ccccc2s1)N(C)Cc1ccccc1[N+](=O)[O-]. The molecule has 3 rings (SSSR count). The molecule has 23 heavy (non-hydrogen) atoms. The van der Waals surface area contributed by atoms with Crippen molar-refractivity contribution in [1.82, 2.24) is 9.88 Å². The zero-order valence-corrected chi connectivity index (χ0v) is 13.8. The van der Waals surface area contributed by atoms with Crippen molar-refractivity contribution in [3.05, 3.63) is 69.2 Å². The zero-order chi connectivity index (χ0) is 16.4. The summed E-state index contributed by atoms with van der Waals surface area (Å²) in [7, 11) is 1.97. The molecule has 0 aliphatic carbocycles. The minimum atomic E-state index is -0.328. The van der Waals surface area contributed by atoms with Gasteiger partial charge in [-0.3, -0.25) is 15.0 Å². The summed E-state index contributed by atoms with van der Waals surface area (Å²) in [4.78, 5) is 17.6. The summed E-state index contributed by atoms with van der Waals surface area (Å²) in [5, 5.41) is 12.2. The molecule has 0 N–H and O–H groups in total. The van der Waals surface area contributed by atoms with Gasteiger partial charge in [0.15, 0.2) is 0 Å². The third-order valence-corrected chi connectivity index (χ3v) is 5.14. The van der Waals surface area contributed by atoms with Gasteiger partial charge in [0.05, 0.1) is 21.2 Å². The number of hydrogen-bond donors (Lipinski definition) is 0. The molecule has 0 radical (unpaired) electrons. The molecule has 3 aromatic rings. The summed E-state index contributed by atoms with van der Waals surface area (Å²) in [5.74, 6) is 0. The van der Waals surface area contributed by atoms with Crippen LogP contribution in [0.1, 0.15) is 23.5 Å². The smallest absolute Gasteiger partial charge is 0.273 e. The summed E-state index contributed by atoms with van der Waals surface area (Å²) in [6.45, 7) is 2.58. The van der Waals surface area contributed by atoms with Crippen LogP contribution in [0.5, 0.6) is 0 Å². The van der Waals surface area contributed by atoms with E-state index in [1.165, 1.54) is 0 Å². The van der Waals surface area contributed by atoms with Crippen molar-refractivity contribution in [3.63, 3.8) is 0 Å². The van der Waals surface area contributed by atoms with Gasteiger partial charge in [0.2, 0.25) is 0 Å². The number of para-hydroxylation sites is 2. The highest BCUT2D eigenvalue weighted by atomic mass is 32.1. The maximum atomic E-state index is 11.1. The second-order valence-electron chi connectivity index (χ2n) is 5.50. The molecule has 0 aliphatic rings. The average molecular weight is 327 g/mol. The lowest BCUT2D eigenvalue weighted by Crippen LogP contribution is -2.22.